The SMILES string of the molecule is CCN1C(=O)N(c2c(F)cc(NCCNCCO)cc2F)c2cc(Cl)ccc2-c2cc(C)cnc21. The molecule has 2 aromatic carbocycles. The van der Waals surface area contributed by atoms with E-state index < -0.39 is 23.4 Å². The minimum absolute atomic E-state index is 0.00103. The maximum absolute atomic E-state index is 15.5. The number of rotatable bonds is 8. The van der Waals surface area contributed by atoms with Crippen molar-refractivity contribution >= 4 is 40.5 Å². The number of anilines is 4. The lowest BCUT2D eigenvalue weighted by Gasteiger charge is -2.28. The van der Waals surface area contributed by atoms with Crippen LogP contribution in [0, 0.1) is 18.6 Å². The Morgan fingerprint density at radius 1 is 1.06 bits per heavy atom. The van der Waals surface area contributed by atoms with Gasteiger partial charge >= 0.3 is 6.03 Å². The highest BCUT2D eigenvalue weighted by molar-refractivity contribution is 6.31. The molecule has 3 aromatic rings. The van der Waals surface area contributed by atoms with Gasteiger partial charge in [0.05, 0.1) is 12.3 Å². The van der Waals surface area contributed by atoms with Gasteiger partial charge in [-0.15, -0.1) is 0 Å². The molecule has 4 rings (SSSR count). The van der Waals surface area contributed by atoms with Crippen molar-refractivity contribution < 1.29 is 18.7 Å². The molecular formula is C25H26ClF2N5O2. The van der Waals surface area contributed by atoms with Crippen LogP contribution in [0.1, 0.15) is 12.5 Å². The molecule has 0 radical (unpaired) electrons. The maximum Gasteiger partial charge on any atom is 0.334 e. The summed E-state index contributed by atoms with van der Waals surface area (Å²) in [5, 5.41) is 15.1. The number of carbonyl (C=O) groups is 1. The minimum Gasteiger partial charge on any atom is -0.395 e. The van der Waals surface area contributed by atoms with Gasteiger partial charge in [-0.2, -0.15) is 0 Å². The zero-order valence-electron chi connectivity index (χ0n) is 19.4. The molecule has 0 saturated carbocycles. The molecule has 1 aliphatic heterocycles. The van der Waals surface area contributed by atoms with Crippen LogP contribution in [0.15, 0.2) is 42.6 Å². The van der Waals surface area contributed by atoms with Crippen LogP contribution in [0.3, 0.4) is 0 Å². The van der Waals surface area contributed by atoms with E-state index in [4.69, 9.17) is 16.7 Å². The molecule has 0 spiro atoms. The fourth-order valence-corrected chi connectivity index (χ4v) is 4.26. The first-order valence-electron chi connectivity index (χ1n) is 11.3. The molecule has 35 heavy (non-hydrogen) atoms. The minimum atomic E-state index is -0.902. The average Bonchev–Trinajstić information content (AvgIpc) is 2.91. The van der Waals surface area contributed by atoms with Gasteiger partial charge in [0.25, 0.3) is 0 Å². The molecule has 10 heteroatoms. The van der Waals surface area contributed by atoms with Gasteiger partial charge in [-0.25, -0.2) is 18.6 Å². The fourth-order valence-electron chi connectivity index (χ4n) is 4.09. The van der Waals surface area contributed by atoms with E-state index in [1.54, 1.807) is 25.3 Å². The molecule has 184 valence electrons. The summed E-state index contributed by atoms with van der Waals surface area (Å²) in [5.74, 6) is -1.40. The Bertz CT molecular complexity index is 1230. The van der Waals surface area contributed by atoms with Gasteiger partial charge in [0, 0.05) is 54.2 Å². The van der Waals surface area contributed by atoms with Crippen molar-refractivity contribution in [2.24, 2.45) is 0 Å². The molecule has 2 amide bonds. The van der Waals surface area contributed by atoms with E-state index in [9.17, 15) is 4.79 Å². The van der Waals surface area contributed by atoms with E-state index in [0.717, 1.165) is 22.6 Å². The number of halogens is 3. The second-order valence-corrected chi connectivity index (χ2v) is 8.53. The second-order valence-electron chi connectivity index (χ2n) is 8.10. The van der Waals surface area contributed by atoms with E-state index >= 15 is 8.78 Å². The van der Waals surface area contributed by atoms with Crippen LogP contribution in [0.2, 0.25) is 5.02 Å². The summed E-state index contributed by atoms with van der Waals surface area (Å²) < 4.78 is 30.9. The third kappa shape index (κ3) is 4.93. The zero-order chi connectivity index (χ0) is 25.1. The van der Waals surface area contributed by atoms with Crippen LogP contribution < -0.4 is 20.4 Å². The van der Waals surface area contributed by atoms with Gasteiger partial charge in [-0.1, -0.05) is 17.7 Å². The van der Waals surface area contributed by atoms with E-state index in [2.05, 4.69) is 15.6 Å². The molecule has 0 saturated heterocycles. The summed E-state index contributed by atoms with van der Waals surface area (Å²) in [4.78, 5) is 20.6. The molecule has 0 unspecified atom stereocenters. The van der Waals surface area contributed by atoms with Crippen molar-refractivity contribution in [3.8, 4) is 11.1 Å². The number of fused-ring (bicyclic) bond motifs is 3. The number of aromatic nitrogens is 1. The third-order valence-corrected chi connectivity index (χ3v) is 5.88. The van der Waals surface area contributed by atoms with Gasteiger partial charge in [0.1, 0.15) is 11.5 Å². The van der Waals surface area contributed by atoms with Crippen LogP contribution in [-0.2, 0) is 0 Å². The van der Waals surface area contributed by atoms with E-state index in [1.807, 2.05) is 13.0 Å². The Morgan fingerprint density at radius 2 is 1.80 bits per heavy atom. The first kappa shape index (κ1) is 24.8. The second kappa shape index (κ2) is 10.6. The average molecular weight is 502 g/mol. The topological polar surface area (TPSA) is 80.7 Å². The highest BCUT2D eigenvalue weighted by atomic mass is 35.5. The highest BCUT2D eigenvalue weighted by Gasteiger charge is 2.36. The Morgan fingerprint density at radius 3 is 2.49 bits per heavy atom. The standard InChI is InChI=1S/C25H26ClF2N5O2/c1-3-32-24-19(10-15(2)14-31-24)18-5-4-16(26)11-22(18)33(25(32)35)23-20(27)12-17(13-21(23)28)30-7-6-29-8-9-34/h4-5,10-14,29-30,34H,3,6-9H2,1-2H3. The summed E-state index contributed by atoms with van der Waals surface area (Å²) in [6.45, 7) is 5.21. The molecule has 0 aliphatic carbocycles. The van der Waals surface area contributed by atoms with E-state index in [0.29, 0.717) is 41.6 Å². The number of aliphatic hydroxyl groups excluding tert-OH is 1. The van der Waals surface area contributed by atoms with Gasteiger partial charge in [0.15, 0.2) is 11.6 Å². The number of benzene rings is 2. The molecule has 2 heterocycles. The number of hydrogen-bond donors (Lipinski definition) is 3. The van der Waals surface area contributed by atoms with Crippen LogP contribution in [0.4, 0.5) is 36.5 Å². The molecule has 3 N–H and O–H groups in total. The monoisotopic (exact) mass is 501 g/mol. The molecule has 0 atom stereocenters. The highest BCUT2D eigenvalue weighted by Crippen LogP contribution is 2.45. The van der Waals surface area contributed by atoms with Gasteiger partial charge < -0.3 is 15.7 Å². The smallest absolute Gasteiger partial charge is 0.334 e. The summed E-state index contributed by atoms with van der Waals surface area (Å²) in [6.07, 6.45) is 1.65. The number of aryl methyl sites for hydroxylation is 1. The lowest BCUT2D eigenvalue weighted by molar-refractivity contribution is 0.253. The molecular weight excluding hydrogens is 476 g/mol. The number of amides is 2. The lowest BCUT2D eigenvalue weighted by Crippen LogP contribution is -2.41. The van der Waals surface area contributed by atoms with Crippen molar-refractivity contribution in [3.63, 3.8) is 0 Å². The van der Waals surface area contributed by atoms with Gasteiger partial charge in [-0.05, 0) is 49.7 Å². The summed E-state index contributed by atoms with van der Waals surface area (Å²) in [7, 11) is 0. The Hall–Kier alpha value is -3.27. The molecule has 7 nitrogen and oxygen atoms in total. The van der Waals surface area contributed by atoms with Crippen molar-refractivity contribution in [2.45, 2.75) is 13.8 Å². The van der Waals surface area contributed by atoms with Crippen molar-refractivity contribution in [2.75, 3.05) is 47.9 Å². The fraction of sp³-hybridized carbons (Fsp3) is 0.280. The molecule has 1 aliphatic rings. The van der Waals surface area contributed by atoms with Crippen LogP contribution >= 0.6 is 11.6 Å². The third-order valence-electron chi connectivity index (χ3n) is 5.65. The maximum atomic E-state index is 15.5. The van der Waals surface area contributed by atoms with Crippen molar-refractivity contribution in [1.82, 2.24) is 10.3 Å². The largest absolute Gasteiger partial charge is 0.395 e. The first-order valence-corrected chi connectivity index (χ1v) is 11.7. The predicted molar refractivity (Wildman–Crippen MR) is 135 cm³/mol. The number of nitrogens with one attached hydrogen (secondary N) is 2. The number of carbonyl (C=O) groups excluding carboxylic acids is 1. The molecule has 0 fully saturated rings. The molecule has 1 aromatic heterocycles. The van der Waals surface area contributed by atoms with Crippen molar-refractivity contribution in [3.05, 3.63) is 64.8 Å². The zero-order valence-corrected chi connectivity index (χ0v) is 20.2. The molecule has 0 bridgehead atoms. The van der Waals surface area contributed by atoms with E-state index in [-0.39, 0.29) is 24.5 Å². The number of pyridine rings is 1. The quantitative estimate of drug-likeness (QED) is 0.375. The number of aliphatic hydroxyl groups is 1. The number of hydrogen-bond acceptors (Lipinski definition) is 5. The summed E-state index contributed by atoms with van der Waals surface area (Å²) in [5.41, 5.74) is 2.13. The number of nitrogens with zero attached hydrogens (tertiary/aromatic N) is 3. The predicted octanol–water partition coefficient (Wildman–Crippen LogP) is 5.08. The van der Waals surface area contributed by atoms with E-state index in [1.165, 1.54) is 11.0 Å². The van der Waals surface area contributed by atoms with Crippen LogP contribution in [0.25, 0.3) is 11.1 Å². The normalized spacial score (nSPS) is 12.9. The Labute approximate surface area is 207 Å². The van der Waals surface area contributed by atoms with Crippen LogP contribution in [-0.4, -0.2) is 48.9 Å². The van der Waals surface area contributed by atoms with Gasteiger partial charge in [0.2, 0.25) is 0 Å². The summed E-state index contributed by atoms with van der Waals surface area (Å²) in [6, 6.07) is 8.47. The Kier molecular flexibility index (Phi) is 7.49. The summed E-state index contributed by atoms with van der Waals surface area (Å²) >= 11 is 6.27. The Balaban J connectivity index is 1.82. The van der Waals surface area contributed by atoms with Crippen molar-refractivity contribution in [1.29, 1.82) is 0 Å². The van der Waals surface area contributed by atoms with Crippen LogP contribution in [0.5, 0.6) is 0 Å². The lowest BCUT2D eigenvalue weighted by atomic mass is 10.0. The van der Waals surface area contributed by atoms with Gasteiger partial charge in [-0.3, -0.25) is 9.80 Å². The number of urea groups is 1. The first-order chi connectivity index (χ1) is 16.8.